The number of hydrogen-bond donors (Lipinski definition) is 2. The van der Waals surface area contributed by atoms with Gasteiger partial charge in [0, 0.05) is 18.8 Å². The third kappa shape index (κ3) is 2.62. The van der Waals surface area contributed by atoms with Crippen molar-refractivity contribution in [2.45, 2.75) is 19.9 Å². The van der Waals surface area contributed by atoms with E-state index in [9.17, 15) is 9.59 Å². The molecule has 0 unspecified atom stereocenters. The predicted octanol–water partition coefficient (Wildman–Crippen LogP) is 0.629. The van der Waals surface area contributed by atoms with Crippen LogP contribution in [0.3, 0.4) is 0 Å². The fraction of sp³-hybridized carbons (Fsp3) is 0.273. The van der Waals surface area contributed by atoms with Crippen LogP contribution in [0, 0.1) is 0 Å². The minimum absolute atomic E-state index is 0.0868. The molecule has 0 saturated carbocycles. The quantitative estimate of drug-likeness (QED) is 0.828. The van der Waals surface area contributed by atoms with Crippen LogP contribution in [0.1, 0.15) is 23.8 Å². The van der Waals surface area contributed by atoms with Crippen molar-refractivity contribution in [3.05, 3.63) is 40.6 Å². The Morgan fingerprint density at radius 1 is 1.50 bits per heavy atom. The molecule has 0 aliphatic carbocycles. The number of nitrogens with zero attached hydrogens (tertiary/aromatic N) is 3. The maximum Gasteiger partial charge on any atom is 0.277 e. The Hall–Kier alpha value is -2.44. The number of nitrogens with one attached hydrogen (secondary N) is 2. The normalized spacial score (nSPS) is 10.3. The van der Waals surface area contributed by atoms with Gasteiger partial charge in [0.2, 0.25) is 0 Å². The SMILES string of the molecule is CCCn1cc(NC(=O)c2cn[nH]n2)ccc1=O. The van der Waals surface area contributed by atoms with Crippen molar-refractivity contribution in [1.29, 1.82) is 0 Å². The zero-order chi connectivity index (χ0) is 13.0. The average Bonchev–Trinajstić information content (AvgIpc) is 2.87. The van der Waals surface area contributed by atoms with Gasteiger partial charge < -0.3 is 9.88 Å². The molecule has 0 aromatic carbocycles. The van der Waals surface area contributed by atoms with Crippen LogP contribution in [0.4, 0.5) is 5.69 Å². The molecule has 2 N–H and O–H groups in total. The maximum absolute atomic E-state index is 11.7. The van der Waals surface area contributed by atoms with E-state index >= 15 is 0 Å². The van der Waals surface area contributed by atoms with Crippen LogP contribution in [0.25, 0.3) is 0 Å². The Bertz CT molecular complexity index is 588. The molecule has 94 valence electrons. The zero-order valence-corrected chi connectivity index (χ0v) is 9.88. The standard InChI is InChI=1S/C11H13N5O2/c1-2-5-16-7-8(3-4-10(16)17)13-11(18)9-6-12-15-14-9/h3-4,6-7H,2,5H2,1H3,(H,13,18)(H,12,14,15). The molecular weight excluding hydrogens is 234 g/mol. The molecule has 0 saturated heterocycles. The molecule has 0 aliphatic heterocycles. The number of hydrogen-bond acceptors (Lipinski definition) is 4. The third-order valence-corrected chi connectivity index (χ3v) is 2.35. The minimum atomic E-state index is -0.370. The number of pyridine rings is 1. The van der Waals surface area contributed by atoms with E-state index in [1.165, 1.54) is 12.3 Å². The van der Waals surface area contributed by atoms with E-state index in [2.05, 4.69) is 20.7 Å². The molecule has 7 nitrogen and oxygen atoms in total. The monoisotopic (exact) mass is 247 g/mol. The highest BCUT2D eigenvalue weighted by Crippen LogP contribution is 2.05. The summed E-state index contributed by atoms with van der Waals surface area (Å²) in [5, 5.41) is 12.2. The summed E-state index contributed by atoms with van der Waals surface area (Å²) in [7, 11) is 0. The number of anilines is 1. The molecule has 2 aromatic rings. The van der Waals surface area contributed by atoms with Crippen LogP contribution < -0.4 is 10.9 Å². The van der Waals surface area contributed by atoms with Crippen molar-refractivity contribution in [2.75, 3.05) is 5.32 Å². The fourth-order valence-corrected chi connectivity index (χ4v) is 1.53. The van der Waals surface area contributed by atoms with Crippen LogP contribution in [0.5, 0.6) is 0 Å². The Kier molecular flexibility index (Phi) is 3.52. The number of aromatic nitrogens is 4. The lowest BCUT2D eigenvalue weighted by Gasteiger charge is -2.07. The second kappa shape index (κ2) is 5.26. The molecule has 0 atom stereocenters. The van der Waals surface area contributed by atoms with Gasteiger partial charge in [0.15, 0.2) is 5.69 Å². The summed E-state index contributed by atoms with van der Waals surface area (Å²) >= 11 is 0. The Morgan fingerprint density at radius 3 is 3.00 bits per heavy atom. The molecule has 2 aromatic heterocycles. The largest absolute Gasteiger partial charge is 0.319 e. The molecule has 7 heteroatoms. The van der Waals surface area contributed by atoms with E-state index in [0.717, 1.165) is 6.42 Å². The van der Waals surface area contributed by atoms with Gasteiger partial charge in [-0.3, -0.25) is 9.59 Å². The third-order valence-electron chi connectivity index (χ3n) is 2.35. The molecule has 1 amide bonds. The van der Waals surface area contributed by atoms with Gasteiger partial charge in [-0.25, -0.2) is 0 Å². The first-order valence-electron chi connectivity index (χ1n) is 5.58. The van der Waals surface area contributed by atoms with E-state index in [4.69, 9.17) is 0 Å². The highest BCUT2D eigenvalue weighted by atomic mass is 16.2. The van der Waals surface area contributed by atoms with Crippen molar-refractivity contribution in [2.24, 2.45) is 0 Å². The summed E-state index contributed by atoms with van der Waals surface area (Å²) in [5.41, 5.74) is 0.663. The molecule has 0 fully saturated rings. The summed E-state index contributed by atoms with van der Waals surface area (Å²) in [6, 6.07) is 2.99. The molecule has 0 radical (unpaired) electrons. The number of carbonyl (C=O) groups excluding carboxylic acids is 1. The van der Waals surface area contributed by atoms with Crippen molar-refractivity contribution < 1.29 is 4.79 Å². The summed E-state index contributed by atoms with van der Waals surface area (Å²) in [4.78, 5) is 23.2. The number of rotatable bonds is 4. The maximum atomic E-state index is 11.7. The smallest absolute Gasteiger partial charge is 0.277 e. The Morgan fingerprint density at radius 2 is 2.33 bits per heavy atom. The van der Waals surface area contributed by atoms with Crippen LogP contribution in [0.15, 0.2) is 29.3 Å². The van der Waals surface area contributed by atoms with Crippen molar-refractivity contribution >= 4 is 11.6 Å². The van der Waals surface area contributed by atoms with Crippen molar-refractivity contribution in [3.63, 3.8) is 0 Å². The predicted molar refractivity (Wildman–Crippen MR) is 65.3 cm³/mol. The second-order valence-electron chi connectivity index (χ2n) is 3.76. The van der Waals surface area contributed by atoms with Crippen LogP contribution >= 0.6 is 0 Å². The zero-order valence-electron chi connectivity index (χ0n) is 9.88. The lowest BCUT2D eigenvalue weighted by Crippen LogP contribution is -2.20. The molecule has 2 heterocycles. The summed E-state index contributed by atoms with van der Waals surface area (Å²) in [6.07, 6.45) is 3.79. The summed E-state index contributed by atoms with van der Waals surface area (Å²) in [6.45, 7) is 2.60. The average molecular weight is 247 g/mol. The van der Waals surface area contributed by atoms with Crippen molar-refractivity contribution in [3.8, 4) is 0 Å². The van der Waals surface area contributed by atoms with E-state index in [1.54, 1.807) is 16.8 Å². The van der Waals surface area contributed by atoms with Gasteiger partial charge in [-0.2, -0.15) is 15.4 Å². The van der Waals surface area contributed by atoms with Gasteiger partial charge in [0.1, 0.15) is 0 Å². The lowest BCUT2D eigenvalue weighted by atomic mass is 10.3. The highest BCUT2D eigenvalue weighted by molar-refractivity contribution is 6.02. The highest BCUT2D eigenvalue weighted by Gasteiger charge is 2.09. The Balaban J connectivity index is 2.17. The van der Waals surface area contributed by atoms with Crippen LogP contribution in [-0.2, 0) is 6.54 Å². The van der Waals surface area contributed by atoms with Gasteiger partial charge in [0.25, 0.3) is 11.5 Å². The lowest BCUT2D eigenvalue weighted by molar-refractivity contribution is 0.102. The summed E-state index contributed by atoms with van der Waals surface area (Å²) in [5.74, 6) is -0.370. The van der Waals surface area contributed by atoms with Crippen LogP contribution in [-0.4, -0.2) is 25.9 Å². The molecular formula is C11H13N5O2. The van der Waals surface area contributed by atoms with Crippen molar-refractivity contribution in [1.82, 2.24) is 20.0 Å². The topological polar surface area (TPSA) is 92.7 Å². The molecule has 0 spiro atoms. The first-order chi connectivity index (χ1) is 8.70. The first kappa shape index (κ1) is 12.0. The molecule has 18 heavy (non-hydrogen) atoms. The number of aromatic amines is 1. The van der Waals surface area contributed by atoms with Gasteiger partial charge in [-0.05, 0) is 12.5 Å². The van der Waals surface area contributed by atoms with Crippen LogP contribution in [0.2, 0.25) is 0 Å². The fourth-order valence-electron chi connectivity index (χ4n) is 1.53. The number of amides is 1. The number of H-pyrrole nitrogens is 1. The van der Waals surface area contributed by atoms with Gasteiger partial charge in [-0.15, -0.1) is 0 Å². The van der Waals surface area contributed by atoms with Gasteiger partial charge in [-0.1, -0.05) is 6.92 Å². The van der Waals surface area contributed by atoms with E-state index in [-0.39, 0.29) is 17.2 Å². The van der Waals surface area contributed by atoms with E-state index < -0.39 is 0 Å². The second-order valence-corrected chi connectivity index (χ2v) is 3.76. The first-order valence-corrected chi connectivity index (χ1v) is 5.58. The van der Waals surface area contributed by atoms with Gasteiger partial charge in [0.05, 0.1) is 11.9 Å². The van der Waals surface area contributed by atoms with Gasteiger partial charge >= 0.3 is 0 Å². The summed E-state index contributed by atoms with van der Waals surface area (Å²) < 4.78 is 1.55. The van der Waals surface area contributed by atoms with E-state index in [1.807, 2.05) is 6.92 Å². The number of carbonyl (C=O) groups is 1. The number of aryl methyl sites for hydroxylation is 1. The van der Waals surface area contributed by atoms with E-state index in [0.29, 0.717) is 12.2 Å². The Labute approximate surface area is 103 Å². The molecule has 2 rings (SSSR count). The minimum Gasteiger partial charge on any atom is -0.319 e. The molecule has 0 bridgehead atoms. The molecule has 0 aliphatic rings.